The van der Waals surface area contributed by atoms with Crippen LogP contribution in [0, 0.1) is 5.41 Å². The minimum atomic E-state index is 0.313. The molecule has 5 rings (SSSR count). The molecular weight excluding hydrogens is 354 g/mol. The van der Waals surface area contributed by atoms with Gasteiger partial charge in [-0.15, -0.1) is 0 Å². The van der Waals surface area contributed by atoms with E-state index in [0.29, 0.717) is 5.41 Å². The van der Waals surface area contributed by atoms with Crippen LogP contribution < -0.4 is 0 Å². The van der Waals surface area contributed by atoms with Crippen molar-refractivity contribution in [3.05, 3.63) is 90.1 Å². The molecule has 29 heavy (non-hydrogen) atoms. The highest BCUT2D eigenvalue weighted by Crippen LogP contribution is 2.35. The van der Waals surface area contributed by atoms with E-state index in [-0.39, 0.29) is 0 Å². The van der Waals surface area contributed by atoms with Crippen molar-refractivity contribution in [3.8, 4) is 28.3 Å². The van der Waals surface area contributed by atoms with Crippen LogP contribution in [-0.4, -0.2) is 14.8 Å². The van der Waals surface area contributed by atoms with Gasteiger partial charge in [-0.1, -0.05) is 68.4 Å². The van der Waals surface area contributed by atoms with Crippen LogP contribution in [0.25, 0.3) is 28.3 Å². The molecule has 3 heteroatoms. The molecule has 0 spiro atoms. The van der Waals surface area contributed by atoms with E-state index in [2.05, 4.69) is 68.4 Å². The Morgan fingerprint density at radius 2 is 1.55 bits per heavy atom. The van der Waals surface area contributed by atoms with E-state index in [1.807, 2.05) is 28.9 Å². The van der Waals surface area contributed by atoms with Crippen LogP contribution in [0.2, 0.25) is 0 Å². The second-order valence-electron chi connectivity index (χ2n) is 8.67. The summed E-state index contributed by atoms with van der Waals surface area (Å²) in [6.45, 7) is 4.68. The topological polar surface area (TPSA) is 30.7 Å². The van der Waals surface area contributed by atoms with Gasteiger partial charge in [0.05, 0.1) is 22.8 Å². The third-order valence-electron chi connectivity index (χ3n) is 5.83. The van der Waals surface area contributed by atoms with Gasteiger partial charge in [0.15, 0.2) is 0 Å². The highest BCUT2D eigenvalue weighted by atomic mass is 15.3. The first-order chi connectivity index (χ1) is 14.1. The third kappa shape index (κ3) is 3.49. The average molecular weight is 380 g/mol. The first-order valence-electron chi connectivity index (χ1n) is 10.3. The molecule has 0 unspecified atom stereocenters. The summed E-state index contributed by atoms with van der Waals surface area (Å²) in [5.74, 6) is 0. The number of pyridine rings is 1. The molecule has 4 aromatic rings. The number of aromatic nitrogens is 3. The van der Waals surface area contributed by atoms with Gasteiger partial charge in [-0.2, -0.15) is 5.10 Å². The van der Waals surface area contributed by atoms with Crippen molar-refractivity contribution in [1.29, 1.82) is 0 Å². The Bertz CT molecular complexity index is 1140. The van der Waals surface area contributed by atoms with Crippen LogP contribution in [-0.2, 0) is 12.8 Å². The number of para-hydroxylation sites is 1. The number of aryl methyl sites for hydroxylation is 1. The van der Waals surface area contributed by atoms with E-state index in [1.165, 1.54) is 17.7 Å². The van der Waals surface area contributed by atoms with Crippen molar-refractivity contribution in [3.63, 3.8) is 0 Å². The molecule has 0 amide bonds. The lowest BCUT2D eigenvalue weighted by Gasteiger charge is -2.30. The lowest BCUT2D eigenvalue weighted by Crippen LogP contribution is -2.23. The Morgan fingerprint density at radius 3 is 2.31 bits per heavy atom. The van der Waals surface area contributed by atoms with Crippen molar-refractivity contribution in [2.75, 3.05) is 0 Å². The molecule has 1 aliphatic carbocycles. The van der Waals surface area contributed by atoms with Crippen molar-refractivity contribution in [2.45, 2.75) is 33.1 Å². The van der Waals surface area contributed by atoms with E-state index in [9.17, 15) is 0 Å². The van der Waals surface area contributed by atoms with Gasteiger partial charge in [0, 0.05) is 11.3 Å². The molecule has 2 heterocycles. The molecule has 0 saturated carbocycles. The minimum Gasteiger partial charge on any atom is -0.251 e. The molecule has 0 N–H and O–H groups in total. The van der Waals surface area contributed by atoms with Crippen molar-refractivity contribution in [1.82, 2.24) is 14.8 Å². The molecule has 0 radical (unpaired) electrons. The van der Waals surface area contributed by atoms with Gasteiger partial charge in [-0.3, -0.25) is 4.98 Å². The second-order valence-corrected chi connectivity index (χ2v) is 8.67. The van der Waals surface area contributed by atoms with Gasteiger partial charge in [-0.05, 0) is 54.5 Å². The van der Waals surface area contributed by atoms with Gasteiger partial charge >= 0.3 is 0 Å². The summed E-state index contributed by atoms with van der Waals surface area (Å²) in [5, 5.41) is 4.94. The lowest BCUT2D eigenvalue weighted by molar-refractivity contribution is 0.311. The number of fused-ring (bicyclic) bond motifs is 1. The van der Waals surface area contributed by atoms with E-state index in [4.69, 9.17) is 10.1 Å². The van der Waals surface area contributed by atoms with E-state index >= 15 is 0 Å². The highest BCUT2D eigenvalue weighted by Gasteiger charge is 2.27. The molecule has 0 aliphatic heterocycles. The predicted octanol–water partition coefficient (Wildman–Crippen LogP) is 6.12. The zero-order valence-corrected chi connectivity index (χ0v) is 17.0. The molecular formula is C26H25N3. The van der Waals surface area contributed by atoms with Crippen molar-refractivity contribution in [2.24, 2.45) is 5.41 Å². The van der Waals surface area contributed by atoms with Crippen LogP contribution in [0.5, 0.6) is 0 Å². The minimum absolute atomic E-state index is 0.313. The maximum atomic E-state index is 5.11. The van der Waals surface area contributed by atoms with Crippen LogP contribution in [0.3, 0.4) is 0 Å². The summed E-state index contributed by atoms with van der Waals surface area (Å²) >= 11 is 0. The number of hydrogen-bond acceptors (Lipinski definition) is 2. The van der Waals surface area contributed by atoms with Gasteiger partial charge in [0.1, 0.15) is 0 Å². The summed E-state index contributed by atoms with van der Waals surface area (Å²) in [4.78, 5) is 5.11. The summed E-state index contributed by atoms with van der Waals surface area (Å²) in [6.07, 6.45) is 3.37. The van der Waals surface area contributed by atoms with E-state index in [1.54, 1.807) is 0 Å². The fourth-order valence-electron chi connectivity index (χ4n) is 4.15. The highest BCUT2D eigenvalue weighted by molar-refractivity contribution is 5.69. The standard InChI is InChI=1S/C26H25N3/c1-26(2)16-15-20-13-14-22(27-24(20)18-26)25-17-23(19-9-5-3-6-10-19)28-29(25)21-11-7-4-8-12-21/h3-14,17H,15-16,18H2,1-2H3. The molecule has 2 aromatic heterocycles. The lowest BCUT2D eigenvalue weighted by atomic mass is 9.76. The molecule has 1 aliphatic rings. The van der Waals surface area contributed by atoms with Crippen molar-refractivity contribution >= 4 is 0 Å². The first-order valence-corrected chi connectivity index (χ1v) is 10.3. The molecule has 0 saturated heterocycles. The number of hydrogen-bond donors (Lipinski definition) is 0. The first kappa shape index (κ1) is 17.9. The predicted molar refractivity (Wildman–Crippen MR) is 118 cm³/mol. The van der Waals surface area contributed by atoms with Gasteiger partial charge in [0.2, 0.25) is 0 Å². The summed E-state index contributed by atoms with van der Waals surface area (Å²) in [5.41, 5.74) is 8.08. The SMILES string of the molecule is CC1(C)CCc2ccc(-c3cc(-c4ccccc4)nn3-c3ccccc3)nc2C1. The van der Waals surface area contributed by atoms with Crippen LogP contribution in [0.4, 0.5) is 0 Å². The Morgan fingerprint density at radius 1 is 0.828 bits per heavy atom. The summed E-state index contributed by atoms with van der Waals surface area (Å²) < 4.78 is 2.02. The molecule has 144 valence electrons. The maximum Gasteiger partial charge on any atom is 0.0934 e. The Labute approximate surface area is 172 Å². The number of benzene rings is 2. The quantitative estimate of drug-likeness (QED) is 0.429. The molecule has 0 atom stereocenters. The van der Waals surface area contributed by atoms with E-state index in [0.717, 1.165) is 41.2 Å². The monoisotopic (exact) mass is 379 g/mol. The van der Waals surface area contributed by atoms with Crippen LogP contribution in [0.1, 0.15) is 31.5 Å². The molecule has 3 nitrogen and oxygen atoms in total. The average Bonchev–Trinajstić information content (AvgIpc) is 3.19. The van der Waals surface area contributed by atoms with Gasteiger partial charge < -0.3 is 0 Å². The fourth-order valence-corrected chi connectivity index (χ4v) is 4.15. The Hall–Kier alpha value is -3.20. The largest absolute Gasteiger partial charge is 0.251 e. The smallest absolute Gasteiger partial charge is 0.0934 e. The second kappa shape index (κ2) is 7.00. The third-order valence-corrected chi connectivity index (χ3v) is 5.83. The molecule has 0 fully saturated rings. The Balaban J connectivity index is 1.65. The molecule has 0 bridgehead atoms. The number of nitrogens with zero attached hydrogens (tertiary/aromatic N) is 3. The molecule has 2 aromatic carbocycles. The number of rotatable bonds is 3. The van der Waals surface area contributed by atoms with Crippen LogP contribution >= 0.6 is 0 Å². The Kier molecular flexibility index (Phi) is 4.31. The fraction of sp³-hybridized carbons (Fsp3) is 0.231. The zero-order valence-electron chi connectivity index (χ0n) is 17.0. The van der Waals surface area contributed by atoms with Crippen LogP contribution in [0.15, 0.2) is 78.9 Å². The van der Waals surface area contributed by atoms with Gasteiger partial charge in [0.25, 0.3) is 0 Å². The maximum absolute atomic E-state index is 5.11. The van der Waals surface area contributed by atoms with Crippen molar-refractivity contribution < 1.29 is 0 Å². The van der Waals surface area contributed by atoms with Gasteiger partial charge in [-0.25, -0.2) is 4.68 Å². The van der Waals surface area contributed by atoms with E-state index < -0.39 is 0 Å². The summed E-state index contributed by atoms with van der Waals surface area (Å²) in [7, 11) is 0. The zero-order chi connectivity index (χ0) is 19.8. The summed E-state index contributed by atoms with van der Waals surface area (Å²) in [6, 6.07) is 27.2. The normalized spacial score (nSPS) is 15.1.